The molecule has 0 bridgehead atoms. The molecular weight excluding hydrogens is 144 g/mol. The summed E-state index contributed by atoms with van der Waals surface area (Å²) in [6.45, 7) is -0.756. The van der Waals surface area contributed by atoms with Crippen LogP contribution in [0.2, 0.25) is 0 Å². The van der Waals surface area contributed by atoms with Crippen molar-refractivity contribution < 1.29 is 30.0 Å². The molecule has 0 radical (unpaired) electrons. The van der Waals surface area contributed by atoms with Crippen LogP contribution in [0.4, 0.5) is 4.79 Å². The van der Waals surface area contributed by atoms with Crippen LogP contribution in [-0.2, 0) is 4.74 Å². The van der Waals surface area contributed by atoms with Crippen molar-refractivity contribution >= 4 is 6.16 Å². The van der Waals surface area contributed by atoms with Gasteiger partial charge in [-0.15, -0.1) is 0 Å². The summed E-state index contributed by atoms with van der Waals surface area (Å²) in [6, 6.07) is 0. The van der Waals surface area contributed by atoms with E-state index >= 15 is 0 Å². The van der Waals surface area contributed by atoms with Crippen LogP contribution < -0.4 is 0 Å². The lowest BCUT2D eigenvalue weighted by Crippen LogP contribution is -2.33. The maximum atomic E-state index is 9.66. The third-order valence-corrected chi connectivity index (χ3v) is 0.738. The molecule has 0 rings (SSSR count). The van der Waals surface area contributed by atoms with Crippen molar-refractivity contribution in [1.82, 2.24) is 0 Å². The Kier molecular flexibility index (Phi) is 3.70. The number of aliphatic hydroxyl groups excluding tert-OH is 3. The van der Waals surface area contributed by atoms with Gasteiger partial charge in [-0.25, -0.2) is 4.79 Å². The maximum Gasteiger partial charge on any atom is 0.508 e. The van der Waals surface area contributed by atoms with E-state index in [2.05, 4.69) is 4.74 Å². The highest BCUT2D eigenvalue weighted by atomic mass is 16.7. The molecule has 6 heteroatoms. The third kappa shape index (κ3) is 3.23. The largest absolute Gasteiger partial charge is 0.508 e. The van der Waals surface area contributed by atoms with E-state index in [1.807, 2.05) is 0 Å². The first-order valence-corrected chi connectivity index (χ1v) is 2.44. The lowest BCUT2D eigenvalue weighted by molar-refractivity contribution is -0.146. The van der Waals surface area contributed by atoms with Gasteiger partial charge in [0.05, 0.1) is 6.61 Å². The van der Waals surface area contributed by atoms with Gasteiger partial charge in [0.2, 0.25) is 6.29 Å². The van der Waals surface area contributed by atoms with Gasteiger partial charge in [-0.1, -0.05) is 0 Å². The van der Waals surface area contributed by atoms with Crippen LogP contribution in [0.1, 0.15) is 0 Å². The minimum absolute atomic E-state index is 0.756. The molecule has 6 nitrogen and oxygen atoms in total. The van der Waals surface area contributed by atoms with Crippen molar-refractivity contribution in [1.29, 1.82) is 0 Å². The molecule has 0 amide bonds. The van der Waals surface area contributed by atoms with Gasteiger partial charge in [0.15, 0.2) is 0 Å². The minimum Gasteiger partial charge on any atom is -0.450 e. The number of hydrogen-bond acceptors (Lipinski definition) is 5. The Bertz CT molecular complexity index is 112. The van der Waals surface area contributed by atoms with Crippen molar-refractivity contribution in [2.45, 2.75) is 12.4 Å². The summed E-state index contributed by atoms with van der Waals surface area (Å²) in [5.74, 6) is 0. The SMILES string of the molecule is O=C(O)OC(O)C(O)CO. The molecule has 0 aromatic carbocycles. The molecule has 0 saturated heterocycles. The predicted octanol–water partition coefficient (Wildman–Crippen LogP) is -1.65. The molecule has 0 fully saturated rings. The number of hydrogen-bond donors (Lipinski definition) is 4. The van der Waals surface area contributed by atoms with Gasteiger partial charge in [0, 0.05) is 0 Å². The second kappa shape index (κ2) is 4.04. The second-order valence-corrected chi connectivity index (χ2v) is 1.52. The van der Waals surface area contributed by atoms with Crippen LogP contribution in [-0.4, -0.2) is 45.6 Å². The van der Waals surface area contributed by atoms with E-state index in [9.17, 15) is 4.79 Å². The zero-order chi connectivity index (χ0) is 8.15. The van der Waals surface area contributed by atoms with Crippen LogP contribution in [0.5, 0.6) is 0 Å². The highest BCUT2D eigenvalue weighted by Gasteiger charge is 2.18. The van der Waals surface area contributed by atoms with Crippen molar-refractivity contribution in [3.63, 3.8) is 0 Å². The Morgan fingerprint density at radius 2 is 2.00 bits per heavy atom. The highest BCUT2D eigenvalue weighted by Crippen LogP contribution is 1.94. The lowest BCUT2D eigenvalue weighted by Gasteiger charge is -2.12. The Labute approximate surface area is 56.3 Å². The zero-order valence-corrected chi connectivity index (χ0v) is 4.97. The fourth-order valence-corrected chi connectivity index (χ4v) is 0.272. The molecule has 0 saturated carbocycles. The van der Waals surface area contributed by atoms with E-state index in [1.165, 1.54) is 0 Å². The van der Waals surface area contributed by atoms with Crippen LogP contribution >= 0.6 is 0 Å². The van der Waals surface area contributed by atoms with E-state index in [1.54, 1.807) is 0 Å². The van der Waals surface area contributed by atoms with Gasteiger partial charge >= 0.3 is 6.16 Å². The molecular formula is C4H8O6. The van der Waals surface area contributed by atoms with E-state index in [4.69, 9.17) is 20.4 Å². The number of ether oxygens (including phenoxy) is 1. The summed E-state index contributed by atoms with van der Waals surface area (Å²) in [5.41, 5.74) is 0. The Hall–Kier alpha value is -0.850. The molecule has 0 aromatic rings. The van der Waals surface area contributed by atoms with Gasteiger partial charge in [-0.3, -0.25) is 0 Å². The summed E-state index contributed by atoms with van der Waals surface area (Å²) >= 11 is 0. The molecule has 2 atom stereocenters. The predicted molar refractivity (Wildman–Crippen MR) is 28.2 cm³/mol. The van der Waals surface area contributed by atoms with Gasteiger partial charge in [0.25, 0.3) is 0 Å². The average Bonchev–Trinajstić information content (AvgIpc) is 1.85. The van der Waals surface area contributed by atoms with E-state index < -0.39 is 25.2 Å². The van der Waals surface area contributed by atoms with Crippen molar-refractivity contribution in [3.05, 3.63) is 0 Å². The van der Waals surface area contributed by atoms with Gasteiger partial charge in [0.1, 0.15) is 6.10 Å². The molecule has 0 aromatic heterocycles. The monoisotopic (exact) mass is 152 g/mol. The van der Waals surface area contributed by atoms with Crippen molar-refractivity contribution in [2.75, 3.05) is 6.61 Å². The summed E-state index contributed by atoms with van der Waals surface area (Å²) in [4.78, 5) is 9.66. The molecule has 0 aliphatic rings. The Morgan fingerprint density at radius 1 is 1.50 bits per heavy atom. The summed E-state index contributed by atoms with van der Waals surface area (Å²) in [6.07, 6.45) is -5.18. The van der Waals surface area contributed by atoms with E-state index in [0.717, 1.165) is 0 Å². The maximum absolute atomic E-state index is 9.66. The lowest BCUT2D eigenvalue weighted by atomic mass is 10.4. The molecule has 2 unspecified atom stereocenters. The first-order valence-electron chi connectivity index (χ1n) is 2.44. The average molecular weight is 152 g/mol. The number of carboxylic acid groups (broad SMARTS) is 1. The molecule has 4 N–H and O–H groups in total. The Morgan fingerprint density at radius 3 is 2.30 bits per heavy atom. The van der Waals surface area contributed by atoms with E-state index in [0.29, 0.717) is 0 Å². The van der Waals surface area contributed by atoms with Crippen LogP contribution in [0.3, 0.4) is 0 Å². The Balaban J connectivity index is 3.61. The summed E-state index contributed by atoms with van der Waals surface area (Å²) in [5, 5.41) is 33.0. The number of aliphatic hydroxyl groups is 3. The quantitative estimate of drug-likeness (QED) is 0.285. The third-order valence-electron chi connectivity index (χ3n) is 0.738. The van der Waals surface area contributed by atoms with Crippen LogP contribution in [0, 0.1) is 0 Å². The van der Waals surface area contributed by atoms with Crippen molar-refractivity contribution in [2.24, 2.45) is 0 Å². The van der Waals surface area contributed by atoms with Crippen molar-refractivity contribution in [3.8, 4) is 0 Å². The minimum atomic E-state index is -1.89. The molecule has 0 aliphatic carbocycles. The highest BCUT2D eigenvalue weighted by molar-refractivity contribution is 5.56. The fourth-order valence-electron chi connectivity index (χ4n) is 0.272. The standard InChI is InChI=1S/C4H8O6/c5-1-2(6)3(7)10-4(8)9/h2-3,5-7H,1H2,(H,8,9). The fraction of sp³-hybridized carbons (Fsp3) is 0.750. The second-order valence-electron chi connectivity index (χ2n) is 1.52. The van der Waals surface area contributed by atoms with E-state index in [-0.39, 0.29) is 0 Å². The van der Waals surface area contributed by atoms with Crippen LogP contribution in [0.15, 0.2) is 0 Å². The number of carbonyl (C=O) groups is 1. The van der Waals surface area contributed by atoms with Gasteiger partial charge in [-0.2, -0.15) is 0 Å². The summed E-state index contributed by atoms with van der Waals surface area (Å²) in [7, 11) is 0. The molecule has 60 valence electrons. The topological polar surface area (TPSA) is 107 Å². The summed E-state index contributed by atoms with van der Waals surface area (Å²) < 4.78 is 3.67. The van der Waals surface area contributed by atoms with Gasteiger partial charge < -0.3 is 25.2 Å². The van der Waals surface area contributed by atoms with Gasteiger partial charge in [-0.05, 0) is 0 Å². The van der Waals surface area contributed by atoms with Crippen LogP contribution in [0.25, 0.3) is 0 Å². The molecule has 0 aliphatic heterocycles. The molecule has 0 heterocycles. The first kappa shape index (κ1) is 9.15. The first-order chi connectivity index (χ1) is 4.57. The zero-order valence-electron chi connectivity index (χ0n) is 4.97. The smallest absolute Gasteiger partial charge is 0.450 e. The molecule has 10 heavy (non-hydrogen) atoms. The molecule has 0 spiro atoms. The normalized spacial score (nSPS) is 15.9. The number of rotatable bonds is 3.